The van der Waals surface area contributed by atoms with Gasteiger partial charge in [0.2, 0.25) is 5.95 Å². The van der Waals surface area contributed by atoms with E-state index in [-0.39, 0.29) is 0 Å². The molecule has 1 aromatic heterocycles. The van der Waals surface area contributed by atoms with Crippen molar-refractivity contribution in [2.45, 2.75) is 33.6 Å². The number of hydrogen-bond acceptors (Lipinski definition) is 4. The highest BCUT2D eigenvalue weighted by molar-refractivity contribution is 6.32. The highest BCUT2D eigenvalue weighted by atomic mass is 35.5. The summed E-state index contributed by atoms with van der Waals surface area (Å²) in [5.41, 5.74) is 0. The maximum absolute atomic E-state index is 6.25. The van der Waals surface area contributed by atoms with Gasteiger partial charge in [0.25, 0.3) is 0 Å². The number of rotatable bonds is 4. The molecule has 2 rings (SSSR count). The summed E-state index contributed by atoms with van der Waals surface area (Å²) in [7, 11) is 0. The van der Waals surface area contributed by atoms with Crippen LogP contribution in [0.1, 0.15) is 33.6 Å². The van der Waals surface area contributed by atoms with E-state index in [1.807, 2.05) is 0 Å². The molecule has 106 valence electrons. The molecule has 19 heavy (non-hydrogen) atoms. The smallest absolute Gasteiger partial charge is 0.224 e. The highest BCUT2D eigenvalue weighted by Crippen LogP contribution is 2.30. The van der Waals surface area contributed by atoms with Crippen LogP contribution in [0.3, 0.4) is 0 Å². The third kappa shape index (κ3) is 3.50. The van der Waals surface area contributed by atoms with Crippen LogP contribution in [-0.2, 0) is 0 Å². The lowest BCUT2D eigenvalue weighted by Crippen LogP contribution is -2.39. The summed E-state index contributed by atoms with van der Waals surface area (Å²) < 4.78 is 0. The highest BCUT2D eigenvalue weighted by Gasteiger charge is 2.25. The monoisotopic (exact) mass is 282 g/mol. The van der Waals surface area contributed by atoms with Gasteiger partial charge < -0.3 is 10.2 Å². The van der Waals surface area contributed by atoms with Gasteiger partial charge in [-0.15, -0.1) is 0 Å². The van der Waals surface area contributed by atoms with Crippen LogP contribution in [0, 0.1) is 11.8 Å². The molecule has 1 fully saturated rings. The molecule has 1 aliphatic heterocycles. The summed E-state index contributed by atoms with van der Waals surface area (Å²) in [6.07, 6.45) is 3.95. The van der Waals surface area contributed by atoms with E-state index in [2.05, 4.69) is 41.0 Å². The fourth-order valence-corrected chi connectivity index (χ4v) is 2.57. The largest absolute Gasteiger partial charge is 0.355 e. The Balaban J connectivity index is 2.14. The molecule has 0 saturated carbocycles. The lowest BCUT2D eigenvalue weighted by Gasteiger charge is -2.36. The Morgan fingerprint density at radius 2 is 2.21 bits per heavy atom. The summed E-state index contributed by atoms with van der Waals surface area (Å²) in [6, 6.07) is 0. The minimum atomic E-state index is 0.642. The molecular weight excluding hydrogens is 260 g/mol. The Morgan fingerprint density at radius 1 is 1.42 bits per heavy atom. The van der Waals surface area contributed by atoms with Gasteiger partial charge in [-0.3, -0.25) is 0 Å². The fraction of sp³-hybridized carbons (Fsp3) is 0.714. The summed E-state index contributed by atoms with van der Waals surface area (Å²) in [6.45, 7) is 9.66. The van der Waals surface area contributed by atoms with Gasteiger partial charge in [-0.25, -0.2) is 4.98 Å². The average molecular weight is 283 g/mol. The minimum Gasteiger partial charge on any atom is -0.355 e. The van der Waals surface area contributed by atoms with Gasteiger partial charge in [0.05, 0.1) is 6.20 Å². The van der Waals surface area contributed by atoms with Gasteiger partial charge in [0, 0.05) is 19.6 Å². The third-order valence-corrected chi connectivity index (χ3v) is 4.16. The maximum atomic E-state index is 6.25. The van der Waals surface area contributed by atoms with Crippen LogP contribution >= 0.6 is 11.6 Å². The SMILES string of the molecule is CCCNc1ncc(Cl)c(N2CCC(C)C(C)C2)n1. The second-order valence-electron chi connectivity index (χ2n) is 5.48. The molecule has 1 N–H and O–H groups in total. The number of nitrogens with zero attached hydrogens (tertiary/aromatic N) is 3. The molecule has 1 saturated heterocycles. The van der Waals surface area contributed by atoms with Crippen LogP contribution in [0.15, 0.2) is 6.20 Å². The topological polar surface area (TPSA) is 41.1 Å². The van der Waals surface area contributed by atoms with Crippen LogP contribution in [0.4, 0.5) is 11.8 Å². The van der Waals surface area contributed by atoms with Gasteiger partial charge in [-0.1, -0.05) is 32.4 Å². The molecule has 2 heterocycles. The van der Waals surface area contributed by atoms with E-state index in [1.54, 1.807) is 6.20 Å². The van der Waals surface area contributed by atoms with Crippen molar-refractivity contribution in [2.75, 3.05) is 29.9 Å². The van der Waals surface area contributed by atoms with Gasteiger partial charge in [-0.05, 0) is 24.7 Å². The first kappa shape index (κ1) is 14.4. The van der Waals surface area contributed by atoms with Crippen molar-refractivity contribution in [3.63, 3.8) is 0 Å². The third-order valence-electron chi connectivity index (χ3n) is 3.89. The number of anilines is 2. The molecule has 4 nitrogen and oxygen atoms in total. The molecule has 2 atom stereocenters. The number of aromatic nitrogens is 2. The van der Waals surface area contributed by atoms with E-state index in [0.29, 0.717) is 16.9 Å². The second-order valence-corrected chi connectivity index (χ2v) is 5.89. The molecule has 0 radical (unpaired) electrons. The van der Waals surface area contributed by atoms with Crippen molar-refractivity contribution in [1.29, 1.82) is 0 Å². The minimum absolute atomic E-state index is 0.642. The molecule has 0 spiro atoms. The predicted molar refractivity (Wildman–Crippen MR) is 81.0 cm³/mol. The Morgan fingerprint density at radius 3 is 2.89 bits per heavy atom. The van der Waals surface area contributed by atoms with Crippen LogP contribution in [-0.4, -0.2) is 29.6 Å². The quantitative estimate of drug-likeness (QED) is 0.918. The van der Waals surface area contributed by atoms with Crippen molar-refractivity contribution >= 4 is 23.4 Å². The van der Waals surface area contributed by atoms with E-state index >= 15 is 0 Å². The van der Waals surface area contributed by atoms with Crippen molar-refractivity contribution in [3.8, 4) is 0 Å². The van der Waals surface area contributed by atoms with Gasteiger partial charge in [-0.2, -0.15) is 4.98 Å². The first-order chi connectivity index (χ1) is 9.11. The van der Waals surface area contributed by atoms with E-state index in [4.69, 9.17) is 11.6 Å². The standard InChI is InChI=1S/C14H23ClN4/c1-4-6-16-14-17-8-12(15)13(18-14)19-7-5-10(2)11(3)9-19/h8,10-11H,4-7,9H2,1-3H3,(H,16,17,18). The first-order valence-electron chi connectivity index (χ1n) is 7.13. The molecule has 2 unspecified atom stereocenters. The van der Waals surface area contributed by atoms with E-state index < -0.39 is 0 Å². The Labute approximate surface area is 120 Å². The number of piperidine rings is 1. The van der Waals surface area contributed by atoms with Gasteiger partial charge >= 0.3 is 0 Å². The zero-order valence-corrected chi connectivity index (χ0v) is 12.7. The molecule has 5 heteroatoms. The Kier molecular flexibility index (Phi) is 4.86. The molecule has 1 aromatic rings. The zero-order valence-electron chi connectivity index (χ0n) is 12.0. The summed E-state index contributed by atoms with van der Waals surface area (Å²) >= 11 is 6.25. The van der Waals surface area contributed by atoms with Gasteiger partial charge in [0.15, 0.2) is 5.82 Å². The van der Waals surface area contributed by atoms with E-state index in [9.17, 15) is 0 Å². The maximum Gasteiger partial charge on any atom is 0.224 e. The Hall–Kier alpha value is -1.03. The summed E-state index contributed by atoms with van der Waals surface area (Å²) in [4.78, 5) is 11.1. The van der Waals surface area contributed by atoms with Crippen LogP contribution in [0.5, 0.6) is 0 Å². The predicted octanol–water partition coefficient (Wildman–Crippen LogP) is 3.43. The average Bonchev–Trinajstić information content (AvgIpc) is 2.41. The zero-order chi connectivity index (χ0) is 13.8. The van der Waals surface area contributed by atoms with Crippen LogP contribution in [0.2, 0.25) is 5.02 Å². The van der Waals surface area contributed by atoms with Crippen molar-refractivity contribution in [1.82, 2.24) is 9.97 Å². The van der Waals surface area contributed by atoms with Crippen molar-refractivity contribution < 1.29 is 0 Å². The second kappa shape index (κ2) is 6.42. The summed E-state index contributed by atoms with van der Waals surface area (Å²) in [5.74, 6) is 2.99. The van der Waals surface area contributed by atoms with Crippen LogP contribution in [0.25, 0.3) is 0 Å². The van der Waals surface area contributed by atoms with Crippen molar-refractivity contribution in [2.24, 2.45) is 11.8 Å². The molecule has 0 bridgehead atoms. The van der Waals surface area contributed by atoms with Crippen molar-refractivity contribution in [3.05, 3.63) is 11.2 Å². The molecule has 0 aliphatic carbocycles. The lowest BCUT2D eigenvalue weighted by molar-refractivity contribution is 0.323. The first-order valence-corrected chi connectivity index (χ1v) is 7.51. The fourth-order valence-electron chi connectivity index (χ4n) is 2.36. The number of nitrogens with one attached hydrogen (secondary N) is 1. The van der Waals surface area contributed by atoms with Gasteiger partial charge in [0.1, 0.15) is 5.02 Å². The van der Waals surface area contributed by atoms with E-state index in [0.717, 1.165) is 37.8 Å². The van der Waals surface area contributed by atoms with Crippen LogP contribution < -0.4 is 10.2 Å². The summed E-state index contributed by atoms with van der Waals surface area (Å²) in [5, 5.41) is 3.86. The molecular formula is C14H23ClN4. The number of hydrogen-bond donors (Lipinski definition) is 1. The Bertz CT molecular complexity index is 424. The molecule has 0 aromatic carbocycles. The van der Waals surface area contributed by atoms with E-state index in [1.165, 1.54) is 6.42 Å². The number of halogens is 1. The molecule has 1 aliphatic rings. The molecule has 0 amide bonds. The normalized spacial score (nSPS) is 23.5. The lowest BCUT2D eigenvalue weighted by atomic mass is 9.89.